The molecule has 2 atom stereocenters. The molecular formula is C6H7NO2. The van der Waals surface area contributed by atoms with Gasteiger partial charge in [0.1, 0.15) is 5.71 Å². The molecule has 2 fully saturated rings. The zero-order valence-electron chi connectivity index (χ0n) is 4.87. The molecule has 0 aromatic heterocycles. The summed E-state index contributed by atoms with van der Waals surface area (Å²) in [7, 11) is 0. The smallest absolute Gasteiger partial charge is 0.183 e. The lowest BCUT2D eigenvalue weighted by Gasteiger charge is -1.89. The Morgan fingerprint density at radius 3 is 2.78 bits per heavy atom. The van der Waals surface area contributed by atoms with Gasteiger partial charge >= 0.3 is 0 Å². The van der Waals surface area contributed by atoms with Gasteiger partial charge in [0.25, 0.3) is 0 Å². The number of nitrogens with zero attached hydrogens (tertiary/aromatic N) is 1. The molecule has 0 aromatic carbocycles. The van der Waals surface area contributed by atoms with E-state index < -0.39 is 0 Å². The van der Waals surface area contributed by atoms with Crippen molar-refractivity contribution in [3.63, 3.8) is 0 Å². The highest BCUT2D eigenvalue weighted by Crippen LogP contribution is 2.47. The summed E-state index contributed by atoms with van der Waals surface area (Å²) in [5.41, 5.74) is 0.385. The predicted octanol–water partition coefficient (Wildman–Crippen LogP) is 0.425. The van der Waals surface area contributed by atoms with Crippen molar-refractivity contribution >= 4 is 11.5 Å². The number of ketones is 1. The van der Waals surface area contributed by atoms with Crippen LogP contribution in [0.4, 0.5) is 0 Å². The van der Waals surface area contributed by atoms with E-state index in [-0.39, 0.29) is 11.7 Å². The fourth-order valence-corrected chi connectivity index (χ4v) is 1.45. The molecule has 0 radical (unpaired) electrons. The molecule has 48 valence electrons. The normalized spacial score (nSPS) is 43.6. The van der Waals surface area contributed by atoms with Crippen LogP contribution in [0.1, 0.15) is 12.8 Å². The molecular weight excluding hydrogens is 118 g/mol. The van der Waals surface area contributed by atoms with Crippen molar-refractivity contribution < 1.29 is 10.0 Å². The number of fused-ring (bicyclic) bond motifs is 1. The van der Waals surface area contributed by atoms with Crippen LogP contribution in [0.5, 0.6) is 0 Å². The maximum Gasteiger partial charge on any atom is 0.183 e. The van der Waals surface area contributed by atoms with Crippen molar-refractivity contribution in [2.24, 2.45) is 17.0 Å². The molecule has 0 aromatic rings. The molecule has 0 aliphatic heterocycles. The van der Waals surface area contributed by atoms with E-state index in [0.717, 1.165) is 6.42 Å². The fourth-order valence-electron chi connectivity index (χ4n) is 1.45. The van der Waals surface area contributed by atoms with Gasteiger partial charge < -0.3 is 5.21 Å². The summed E-state index contributed by atoms with van der Waals surface area (Å²) in [6, 6.07) is 0. The van der Waals surface area contributed by atoms with E-state index in [9.17, 15) is 4.79 Å². The summed E-state index contributed by atoms with van der Waals surface area (Å²) in [6.07, 6.45) is 1.73. The molecule has 0 saturated heterocycles. The molecule has 2 unspecified atom stereocenters. The van der Waals surface area contributed by atoms with E-state index in [1.54, 1.807) is 0 Å². The van der Waals surface area contributed by atoms with Crippen LogP contribution >= 0.6 is 0 Å². The Morgan fingerprint density at radius 1 is 1.67 bits per heavy atom. The highest BCUT2D eigenvalue weighted by atomic mass is 16.4. The van der Waals surface area contributed by atoms with Crippen molar-refractivity contribution in [1.82, 2.24) is 0 Å². The van der Waals surface area contributed by atoms with Crippen LogP contribution in [0, 0.1) is 11.8 Å². The molecule has 0 bridgehead atoms. The Labute approximate surface area is 52.4 Å². The van der Waals surface area contributed by atoms with E-state index in [1.807, 2.05) is 0 Å². The maximum absolute atomic E-state index is 10.9. The Bertz CT molecular complexity index is 197. The third-order valence-corrected chi connectivity index (χ3v) is 2.12. The van der Waals surface area contributed by atoms with Crippen molar-refractivity contribution in [2.75, 3.05) is 0 Å². The lowest BCUT2D eigenvalue weighted by Crippen LogP contribution is -2.09. The summed E-state index contributed by atoms with van der Waals surface area (Å²) in [6.45, 7) is 0. The second-order valence-corrected chi connectivity index (χ2v) is 2.72. The highest BCUT2D eigenvalue weighted by molar-refractivity contribution is 6.43. The van der Waals surface area contributed by atoms with Crippen LogP contribution in [0.3, 0.4) is 0 Å². The zero-order chi connectivity index (χ0) is 6.43. The summed E-state index contributed by atoms with van der Waals surface area (Å²) in [4.78, 5) is 10.9. The van der Waals surface area contributed by atoms with Gasteiger partial charge in [0, 0.05) is 12.3 Å². The minimum Gasteiger partial charge on any atom is -0.411 e. The summed E-state index contributed by atoms with van der Waals surface area (Å²) in [5.74, 6) is 0.835. The molecule has 3 nitrogen and oxygen atoms in total. The van der Waals surface area contributed by atoms with Gasteiger partial charge in [-0.15, -0.1) is 0 Å². The molecule has 0 spiro atoms. The summed E-state index contributed by atoms with van der Waals surface area (Å²) in [5, 5.41) is 11.2. The van der Waals surface area contributed by atoms with Crippen LogP contribution in [0.25, 0.3) is 0 Å². The lowest BCUT2D eigenvalue weighted by molar-refractivity contribution is -0.113. The number of Topliss-reactive ketones (excluding diaryl/α,β-unsaturated/α-hetero) is 1. The third-order valence-electron chi connectivity index (χ3n) is 2.12. The SMILES string of the molecule is O=C1C(=NO)CC2CC12. The monoisotopic (exact) mass is 125 g/mol. The second kappa shape index (κ2) is 1.35. The van der Waals surface area contributed by atoms with E-state index >= 15 is 0 Å². The molecule has 0 amide bonds. The first kappa shape index (κ1) is 4.97. The van der Waals surface area contributed by atoms with Crippen molar-refractivity contribution in [3.05, 3.63) is 0 Å². The van der Waals surface area contributed by atoms with Gasteiger partial charge in [-0.3, -0.25) is 4.79 Å². The Morgan fingerprint density at radius 2 is 2.44 bits per heavy atom. The Kier molecular flexibility index (Phi) is 0.743. The first-order valence-electron chi connectivity index (χ1n) is 3.08. The van der Waals surface area contributed by atoms with Gasteiger partial charge in [-0.05, 0) is 12.3 Å². The van der Waals surface area contributed by atoms with Gasteiger partial charge in [0.2, 0.25) is 0 Å². The van der Waals surface area contributed by atoms with Crippen LogP contribution in [-0.4, -0.2) is 16.7 Å². The standard InChI is InChI=1S/C6H7NO2/c8-6-4-1-3(4)2-5(6)7-9/h3-4,9H,1-2H2. The molecule has 1 N–H and O–H groups in total. The van der Waals surface area contributed by atoms with Gasteiger partial charge in [0.05, 0.1) is 0 Å². The van der Waals surface area contributed by atoms with Crippen molar-refractivity contribution in [2.45, 2.75) is 12.8 Å². The highest BCUT2D eigenvalue weighted by Gasteiger charge is 2.51. The molecule has 9 heavy (non-hydrogen) atoms. The average Bonchev–Trinajstić information content (AvgIpc) is 2.55. The second-order valence-electron chi connectivity index (χ2n) is 2.72. The van der Waals surface area contributed by atoms with Crippen molar-refractivity contribution in [3.8, 4) is 0 Å². The number of carbonyl (C=O) groups excluding carboxylic acids is 1. The third kappa shape index (κ3) is 0.515. The van der Waals surface area contributed by atoms with Crippen LogP contribution < -0.4 is 0 Å². The number of carbonyl (C=O) groups is 1. The van der Waals surface area contributed by atoms with E-state index in [4.69, 9.17) is 5.21 Å². The average molecular weight is 125 g/mol. The topological polar surface area (TPSA) is 49.7 Å². The maximum atomic E-state index is 10.9. The Balaban J connectivity index is 2.26. The summed E-state index contributed by atoms with van der Waals surface area (Å²) >= 11 is 0. The number of hydrogen-bond donors (Lipinski definition) is 1. The van der Waals surface area contributed by atoms with Gasteiger partial charge in [0.15, 0.2) is 5.78 Å². The van der Waals surface area contributed by atoms with E-state index in [1.165, 1.54) is 0 Å². The number of oxime groups is 1. The molecule has 2 aliphatic rings. The molecule has 0 heterocycles. The van der Waals surface area contributed by atoms with E-state index in [2.05, 4.69) is 5.16 Å². The minimum atomic E-state index is 0.0718. The first-order chi connectivity index (χ1) is 4.33. The van der Waals surface area contributed by atoms with Gasteiger partial charge in [-0.1, -0.05) is 5.16 Å². The zero-order valence-corrected chi connectivity index (χ0v) is 4.87. The van der Waals surface area contributed by atoms with Crippen LogP contribution in [0.2, 0.25) is 0 Å². The fraction of sp³-hybridized carbons (Fsp3) is 0.667. The molecule has 2 saturated carbocycles. The van der Waals surface area contributed by atoms with E-state index in [0.29, 0.717) is 18.1 Å². The van der Waals surface area contributed by atoms with Crippen molar-refractivity contribution in [1.29, 1.82) is 0 Å². The molecule has 2 rings (SSSR count). The summed E-state index contributed by atoms with van der Waals surface area (Å²) < 4.78 is 0. The largest absolute Gasteiger partial charge is 0.411 e. The van der Waals surface area contributed by atoms with Crippen LogP contribution in [0.15, 0.2) is 5.16 Å². The van der Waals surface area contributed by atoms with Gasteiger partial charge in [-0.2, -0.15) is 0 Å². The van der Waals surface area contributed by atoms with Crippen LogP contribution in [-0.2, 0) is 4.79 Å². The minimum absolute atomic E-state index is 0.0718. The number of hydrogen-bond acceptors (Lipinski definition) is 3. The first-order valence-corrected chi connectivity index (χ1v) is 3.08. The predicted molar refractivity (Wildman–Crippen MR) is 30.4 cm³/mol. The van der Waals surface area contributed by atoms with Gasteiger partial charge in [-0.25, -0.2) is 0 Å². The number of rotatable bonds is 0. The quantitative estimate of drug-likeness (QED) is 0.377. The molecule has 3 heteroatoms. The Hall–Kier alpha value is -0.860. The molecule has 2 aliphatic carbocycles. The lowest BCUT2D eigenvalue weighted by atomic mass is 10.2.